The van der Waals surface area contributed by atoms with Crippen LogP contribution in [0.3, 0.4) is 0 Å². The summed E-state index contributed by atoms with van der Waals surface area (Å²) in [7, 11) is 1.59. The van der Waals surface area contributed by atoms with Crippen molar-refractivity contribution in [2.75, 3.05) is 7.11 Å². The first kappa shape index (κ1) is 21.8. The molecule has 4 rings (SSSR count). The van der Waals surface area contributed by atoms with Gasteiger partial charge in [-0.2, -0.15) is 0 Å². The highest BCUT2D eigenvalue weighted by molar-refractivity contribution is 7.07. The Balaban J connectivity index is 1.94. The number of allylic oxidation sites excluding steroid dienone is 1. The minimum Gasteiger partial charge on any atom is -0.497 e. The van der Waals surface area contributed by atoms with Crippen molar-refractivity contribution in [1.82, 2.24) is 4.57 Å². The molecule has 2 aromatic carbocycles. The van der Waals surface area contributed by atoms with E-state index in [9.17, 15) is 9.59 Å². The third-order valence-electron chi connectivity index (χ3n) is 5.11. The molecule has 0 N–H and O–H groups in total. The summed E-state index contributed by atoms with van der Waals surface area (Å²) in [6.45, 7) is 5.37. The molecule has 6 nitrogen and oxygen atoms in total. The van der Waals surface area contributed by atoms with E-state index < -0.39 is 12.0 Å². The molecule has 0 saturated heterocycles. The fourth-order valence-electron chi connectivity index (χ4n) is 3.66. The van der Waals surface area contributed by atoms with E-state index in [2.05, 4.69) is 4.99 Å². The zero-order valence-corrected chi connectivity index (χ0v) is 19.2. The molecule has 0 aliphatic carbocycles. The van der Waals surface area contributed by atoms with Crippen LogP contribution < -0.4 is 19.6 Å². The van der Waals surface area contributed by atoms with E-state index in [-0.39, 0.29) is 11.7 Å². The standard InChI is InChI=1S/C25H24N2O4S/c1-15(2)31-24(29)21-16(3)26-25-27(22(21)18-10-12-19(30-4)13-11-18)23(28)20(32-25)14-17-8-6-5-7-9-17/h5-15,22H,1-4H3/b20-14-/t22-/m1/s1. The monoisotopic (exact) mass is 448 g/mol. The van der Waals surface area contributed by atoms with E-state index in [1.54, 1.807) is 32.4 Å². The molecule has 3 aromatic rings. The van der Waals surface area contributed by atoms with Gasteiger partial charge in [0.15, 0.2) is 4.80 Å². The number of esters is 1. The topological polar surface area (TPSA) is 69.9 Å². The molecule has 1 aliphatic rings. The maximum absolute atomic E-state index is 13.5. The number of rotatable bonds is 5. The molecule has 1 aromatic heterocycles. The third-order valence-corrected chi connectivity index (χ3v) is 6.10. The van der Waals surface area contributed by atoms with Crippen LogP contribution in [0.5, 0.6) is 5.75 Å². The number of hydrogen-bond acceptors (Lipinski definition) is 6. The van der Waals surface area contributed by atoms with Gasteiger partial charge in [0.25, 0.3) is 5.56 Å². The van der Waals surface area contributed by atoms with Crippen LogP contribution in [-0.2, 0) is 9.53 Å². The van der Waals surface area contributed by atoms with Gasteiger partial charge in [0, 0.05) is 0 Å². The molecule has 0 bridgehead atoms. The minimum absolute atomic E-state index is 0.194. The molecule has 0 unspecified atom stereocenters. The van der Waals surface area contributed by atoms with Crippen molar-refractivity contribution in [3.05, 3.63) is 96.7 Å². The van der Waals surface area contributed by atoms with Gasteiger partial charge in [0.2, 0.25) is 0 Å². The van der Waals surface area contributed by atoms with Crippen molar-refractivity contribution in [2.24, 2.45) is 4.99 Å². The van der Waals surface area contributed by atoms with Gasteiger partial charge in [-0.1, -0.05) is 53.8 Å². The molecule has 0 radical (unpaired) electrons. The highest BCUT2D eigenvalue weighted by Crippen LogP contribution is 2.31. The van der Waals surface area contributed by atoms with E-state index in [0.717, 1.165) is 11.1 Å². The van der Waals surface area contributed by atoms with Crippen molar-refractivity contribution in [2.45, 2.75) is 32.9 Å². The summed E-state index contributed by atoms with van der Waals surface area (Å²) in [4.78, 5) is 31.7. The highest BCUT2D eigenvalue weighted by atomic mass is 32.1. The van der Waals surface area contributed by atoms with Crippen LogP contribution in [0.15, 0.2) is 75.7 Å². The Hall–Kier alpha value is -3.45. The Labute approximate surface area is 189 Å². The lowest BCUT2D eigenvalue weighted by Crippen LogP contribution is -2.40. The number of aromatic nitrogens is 1. The molecule has 32 heavy (non-hydrogen) atoms. The van der Waals surface area contributed by atoms with Crippen molar-refractivity contribution < 1.29 is 14.3 Å². The second-order valence-electron chi connectivity index (χ2n) is 7.72. The fraction of sp³-hybridized carbons (Fsp3) is 0.240. The van der Waals surface area contributed by atoms with Crippen molar-refractivity contribution in [3.8, 4) is 5.75 Å². The van der Waals surface area contributed by atoms with E-state index in [4.69, 9.17) is 9.47 Å². The summed E-state index contributed by atoms with van der Waals surface area (Å²) in [5.41, 5.74) is 2.42. The highest BCUT2D eigenvalue weighted by Gasteiger charge is 2.33. The Kier molecular flexibility index (Phi) is 6.10. The van der Waals surface area contributed by atoms with Gasteiger partial charge in [-0.3, -0.25) is 9.36 Å². The SMILES string of the molecule is COc1ccc([C@@H]2C(C(=O)OC(C)C)=C(C)N=c3s/c(=C\c4ccccc4)c(=O)n32)cc1. The normalized spacial score (nSPS) is 16.0. The van der Waals surface area contributed by atoms with Crippen LogP contribution in [0.1, 0.15) is 37.9 Å². The minimum atomic E-state index is -0.638. The second-order valence-corrected chi connectivity index (χ2v) is 8.73. The summed E-state index contributed by atoms with van der Waals surface area (Å²) in [6, 6.07) is 16.4. The predicted octanol–water partition coefficient (Wildman–Crippen LogP) is 3.20. The van der Waals surface area contributed by atoms with Crippen molar-refractivity contribution >= 4 is 23.4 Å². The van der Waals surface area contributed by atoms with Crippen molar-refractivity contribution in [1.29, 1.82) is 0 Å². The molecule has 164 valence electrons. The summed E-state index contributed by atoms with van der Waals surface area (Å²) < 4.78 is 12.9. The second kappa shape index (κ2) is 8.96. The van der Waals surface area contributed by atoms with Crippen molar-refractivity contribution in [3.63, 3.8) is 0 Å². The number of carbonyl (C=O) groups excluding carboxylic acids is 1. The van der Waals surface area contributed by atoms with Gasteiger partial charge < -0.3 is 9.47 Å². The Morgan fingerprint density at radius 2 is 1.81 bits per heavy atom. The average molecular weight is 449 g/mol. The number of benzene rings is 2. The van der Waals surface area contributed by atoms with Crippen LogP contribution in [-0.4, -0.2) is 23.8 Å². The number of ether oxygens (including phenoxy) is 2. The first-order valence-corrected chi connectivity index (χ1v) is 11.1. The van der Waals surface area contributed by atoms with Crippen LogP contribution >= 0.6 is 11.3 Å². The van der Waals surface area contributed by atoms with Gasteiger partial charge in [0.1, 0.15) is 5.75 Å². The molecular weight excluding hydrogens is 424 g/mol. The van der Waals surface area contributed by atoms with Crippen LogP contribution in [0.4, 0.5) is 0 Å². The Bertz CT molecular complexity index is 1350. The number of carbonyl (C=O) groups is 1. The summed E-state index contributed by atoms with van der Waals surface area (Å²) in [6.07, 6.45) is 1.56. The largest absolute Gasteiger partial charge is 0.497 e. The van der Waals surface area contributed by atoms with E-state index >= 15 is 0 Å². The number of thiazole rings is 1. The number of nitrogens with zero attached hydrogens (tertiary/aromatic N) is 2. The summed E-state index contributed by atoms with van der Waals surface area (Å²) >= 11 is 1.31. The Morgan fingerprint density at radius 3 is 2.44 bits per heavy atom. The number of methoxy groups -OCH3 is 1. The average Bonchev–Trinajstić information content (AvgIpc) is 3.07. The maximum Gasteiger partial charge on any atom is 0.338 e. The lowest BCUT2D eigenvalue weighted by Gasteiger charge is -2.25. The lowest BCUT2D eigenvalue weighted by atomic mass is 9.96. The lowest BCUT2D eigenvalue weighted by molar-refractivity contribution is -0.143. The van der Waals surface area contributed by atoms with Gasteiger partial charge in [-0.15, -0.1) is 0 Å². The van der Waals surface area contributed by atoms with E-state index in [1.165, 1.54) is 11.3 Å². The van der Waals surface area contributed by atoms with Gasteiger partial charge in [0.05, 0.1) is 35.1 Å². The smallest absolute Gasteiger partial charge is 0.338 e. The fourth-order valence-corrected chi connectivity index (χ4v) is 4.71. The van der Waals surface area contributed by atoms with Gasteiger partial charge >= 0.3 is 5.97 Å². The molecule has 0 saturated carbocycles. The molecule has 0 fully saturated rings. The molecule has 0 spiro atoms. The third kappa shape index (κ3) is 4.16. The van der Waals surface area contributed by atoms with Gasteiger partial charge in [-0.05, 0) is 50.1 Å². The van der Waals surface area contributed by atoms with Crippen LogP contribution in [0.25, 0.3) is 6.08 Å². The molecule has 1 aliphatic heterocycles. The molecular formula is C25H24N2O4S. The first-order chi connectivity index (χ1) is 15.4. The Morgan fingerprint density at radius 1 is 1.12 bits per heavy atom. The van der Waals surface area contributed by atoms with Crippen LogP contribution in [0, 0.1) is 0 Å². The molecule has 1 atom stereocenters. The van der Waals surface area contributed by atoms with E-state index in [0.29, 0.717) is 26.4 Å². The van der Waals surface area contributed by atoms with Crippen LogP contribution in [0.2, 0.25) is 0 Å². The summed E-state index contributed by atoms with van der Waals surface area (Å²) in [5, 5.41) is 0. The van der Waals surface area contributed by atoms with Gasteiger partial charge in [-0.25, -0.2) is 9.79 Å². The van der Waals surface area contributed by atoms with E-state index in [1.807, 2.05) is 60.7 Å². The maximum atomic E-state index is 13.5. The zero-order valence-electron chi connectivity index (χ0n) is 18.4. The first-order valence-electron chi connectivity index (χ1n) is 10.3. The molecule has 2 heterocycles. The summed E-state index contributed by atoms with van der Waals surface area (Å²) in [5.74, 6) is 0.219. The predicted molar refractivity (Wildman–Crippen MR) is 124 cm³/mol. The number of fused-ring (bicyclic) bond motifs is 1. The number of hydrogen-bond donors (Lipinski definition) is 0. The molecule has 7 heteroatoms. The zero-order chi connectivity index (χ0) is 22.8. The quantitative estimate of drug-likeness (QED) is 0.562. The molecule has 0 amide bonds.